The van der Waals surface area contributed by atoms with Gasteiger partial charge in [-0.05, 0) is 23.1 Å². The van der Waals surface area contributed by atoms with Crippen LogP contribution < -0.4 is 5.32 Å². The van der Waals surface area contributed by atoms with Crippen molar-refractivity contribution in [1.82, 2.24) is 15.1 Å². The van der Waals surface area contributed by atoms with Gasteiger partial charge in [0.25, 0.3) is 0 Å². The highest BCUT2D eigenvalue weighted by Crippen LogP contribution is 2.33. The lowest BCUT2D eigenvalue weighted by Crippen LogP contribution is -2.32. The van der Waals surface area contributed by atoms with Crippen molar-refractivity contribution >= 4 is 6.20 Å². The molecule has 0 saturated heterocycles. The Kier molecular flexibility index (Phi) is 4.58. The number of hydrogen-bond donors (Lipinski definition) is 1. The number of nitrogens with one attached hydrogen (secondary N) is 1. The third-order valence-corrected chi connectivity index (χ3v) is 3.42. The van der Waals surface area contributed by atoms with Crippen LogP contribution in [0, 0.1) is 11.2 Å². The molecular formula is C17H22FN3. The highest BCUT2D eigenvalue weighted by molar-refractivity contribution is 5.22. The predicted octanol–water partition coefficient (Wildman–Crippen LogP) is 4.00. The molecule has 2 aromatic rings. The Balaban J connectivity index is 2.13. The quantitative estimate of drug-likeness (QED) is 0.900. The Labute approximate surface area is 125 Å². The van der Waals surface area contributed by atoms with E-state index in [2.05, 4.69) is 37.8 Å². The number of benzene rings is 1. The summed E-state index contributed by atoms with van der Waals surface area (Å²) in [6.45, 7) is 10.9. The van der Waals surface area contributed by atoms with Crippen LogP contribution in [0.1, 0.15) is 37.9 Å². The third-order valence-electron chi connectivity index (χ3n) is 3.42. The topological polar surface area (TPSA) is 29.9 Å². The monoisotopic (exact) mass is 287 g/mol. The molecule has 112 valence electrons. The lowest BCUT2D eigenvalue weighted by Gasteiger charge is -2.32. The van der Waals surface area contributed by atoms with Gasteiger partial charge >= 0.3 is 0 Å². The maximum Gasteiger partial charge on any atom is 0.123 e. The summed E-state index contributed by atoms with van der Waals surface area (Å²) in [4.78, 5) is 0. The van der Waals surface area contributed by atoms with Crippen molar-refractivity contribution < 1.29 is 4.39 Å². The minimum Gasteiger partial charge on any atom is -0.305 e. The van der Waals surface area contributed by atoms with E-state index < -0.39 is 0 Å². The summed E-state index contributed by atoms with van der Waals surface area (Å²) in [6, 6.07) is 6.82. The Hall–Kier alpha value is -1.94. The molecule has 1 heterocycles. The van der Waals surface area contributed by atoms with E-state index in [1.807, 2.05) is 24.5 Å². The summed E-state index contributed by atoms with van der Waals surface area (Å²) in [6.07, 6.45) is 5.41. The zero-order valence-corrected chi connectivity index (χ0v) is 12.8. The van der Waals surface area contributed by atoms with Gasteiger partial charge in [-0.3, -0.25) is 0 Å². The maximum absolute atomic E-state index is 13.1. The van der Waals surface area contributed by atoms with E-state index in [1.54, 1.807) is 10.9 Å². The summed E-state index contributed by atoms with van der Waals surface area (Å²) in [5.74, 6) is -0.210. The molecule has 0 aliphatic heterocycles. The number of hydrogen-bond acceptors (Lipinski definition) is 2. The summed E-state index contributed by atoms with van der Waals surface area (Å²) >= 11 is 0. The van der Waals surface area contributed by atoms with E-state index in [4.69, 9.17) is 0 Å². The molecule has 3 nitrogen and oxygen atoms in total. The first kappa shape index (κ1) is 15.4. The fourth-order valence-electron chi connectivity index (χ4n) is 2.37. The molecular weight excluding hydrogens is 265 g/mol. The molecule has 0 fully saturated rings. The van der Waals surface area contributed by atoms with Crippen molar-refractivity contribution in [1.29, 1.82) is 0 Å². The van der Waals surface area contributed by atoms with Gasteiger partial charge in [0.1, 0.15) is 5.82 Å². The van der Waals surface area contributed by atoms with Crippen LogP contribution >= 0.6 is 0 Å². The van der Waals surface area contributed by atoms with Gasteiger partial charge in [-0.1, -0.05) is 39.5 Å². The number of halogens is 1. The molecule has 1 N–H and O–H groups in total. The molecule has 1 atom stereocenters. The first-order chi connectivity index (χ1) is 9.90. The van der Waals surface area contributed by atoms with Crippen LogP contribution in [0.3, 0.4) is 0 Å². The summed E-state index contributed by atoms with van der Waals surface area (Å²) in [5, 5.41) is 7.71. The fourth-order valence-corrected chi connectivity index (χ4v) is 2.37. The van der Waals surface area contributed by atoms with Gasteiger partial charge < -0.3 is 5.32 Å². The minimum atomic E-state index is -0.210. The van der Waals surface area contributed by atoms with Gasteiger partial charge in [0.2, 0.25) is 0 Å². The second-order valence-electron chi connectivity index (χ2n) is 6.24. The van der Waals surface area contributed by atoms with Crippen LogP contribution in [0.25, 0.3) is 6.20 Å². The number of rotatable bonds is 5. The zero-order chi connectivity index (χ0) is 15.5. The Bertz CT molecular complexity index is 593. The minimum absolute atomic E-state index is 0.0201. The smallest absolute Gasteiger partial charge is 0.123 e. The van der Waals surface area contributed by atoms with Crippen molar-refractivity contribution in [3.63, 3.8) is 0 Å². The first-order valence-corrected chi connectivity index (χ1v) is 7.04. The second-order valence-corrected chi connectivity index (χ2v) is 6.24. The zero-order valence-electron chi connectivity index (χ0n) is 12.8. The van der Waals surface area contributed by atoms with Gasteiger partial charge in [0, 0.05) is 30.5 Å². The molecule has 1 unspecified atom stereocenters. The van der Waals surface area contributed by atoms with Crippen LogP contribution in [0.5, 0.6) is 0 Å². The Morgan fingerprint density at radius 1 is 1.33 bits per heavy atom. The standard InChI is InChI=1S/C17H22FN3/c1-5-21-12-13(11-20-21)10-19-16(17(2,3)4)14-6-8-15(18)9-7-14/h5-9,11-12,16,19H,1,10H2,2-4H3. The molecule has 0 aliphatic rings. The first-order valence-electron chi connectivity index (χ1n) is 7.04. The van der Waals surface area contributed by atoms with Crippen LogP contribution in [-0.4, -0.2) is 9.78 Å². The summed E-state index contributed by atoms with van der Waals surface area (Å²) in [5.41, 5.74) is 2.19. The van der Waals surface area contributed by atoms with E-state index in [9.17, 15) is 4.39 Å². The Morgan fingerprint density at radius 2 is 2.00 bits per heavy atom. The van der Waals surface area contributed by atoms with Crippen molar-refractivity contribution in [2.45, 2.75) is 33.4 Å². The summed E-state index contributed by atoms with van der Waals surface area (Å²) < 4.78 is 14.8. The number of nitrogens with zero attached hydrogens (tertiary/aromatic N) is 2. The van der Waals surface area contributed by atoms with E-state index in [-0.39, 0.29) is 17.3 Å². The van der Waals surface area contributed by atoms with Crippen molar-refractivity contribution in [2.24, 2.45) is 5.41 Å². The van der Waals surface area contributed by atoms with E-state index in [0.717, 1.165) is 11.1 Å². The second kappa shape index (κ2) is 6.22. The molecule has 4 heteroatoms. The lowest BCUT2D eigenvalue weighted by atomic mass is 9.82. The van der Waals surface area contributed by atoms with Crippen LogP contribution in [0.2, 0.25) is 0 Å². The van der Waals surface area contributed by atoms with Gasteiger partial charge in [0.05, 0.1) is 6.20 Å². The van der Waals surface area contributed by atoms with E-state index >= 15 is 0 Å². The average molecular weight is 287 g/mol. The molecule has 0 spiro atoms. The third kappa shape index (κ3) is 4.02. The Morgan fingerprint density at radius 3 is 2.52 bits per heavy atom. The van der Waals surface area contributed by atoms with Crippen molar-refractivity contribution in [2.75, 3.05) is 0 Å². The van der Waals surface area contributed by atoms with Gasteiger partial charge in [0.15, 0.2) is 0 Å². The van der Waals surface area contributed by atoms with Gasteiger partial charge in [-0.25, -0.2) is 9.07 Å². The van der Waals surface area contributed by atoms with Gasteiger partial charge in [-0.15, -0.1) is 0 Å². The fraction of sp³-hybridized carbons (Fsp3) is 0.353. The molecule has 1 aromatic heterocycles. The molecule has 1 aromatic carbocycles. The molecule has 0 bridgehead atoms. The highest BCUT2D eigenvalue weighted by Gasteiger charge is 2.25. The van der Waals surface area contributed by atoms with Crippen LogP contribution in [-0.2, 0) is 6.54 Å². The van der Waals surface area contributed by atoms with Gasteiger partial charge in [-0.2, -0.15) is 5.10 Å². The van der Waals surface area contributed by atoms with Crippen molar-refractivity contribution in [3.8, 4) is 0 Å². The normalized spacial score (nSPS) is 13.1. The predicted molar refractivity (Wildman–Crippen MR) is 84.0 cm³/mol. The van der Waals surface area contributed by atoms with Crippen LogP contribution in [0.4, 0.5) is 4.39 Å². The molecule has 0 amide bonds. The van der Waals surface area contributed by atoms with Crippen molar-refractivity contribution in [3.05, 3.63) is 60.2 Å². The maximum atomic E-state index is 13.1. The van der Waals surface area contributed by atoms with E-state index in [0.29, 0.717) is 6.54 Å². The molecule has 0 aliphatic carbocycles. The average Bonchev–Trinajstić information content (AvgIpc) is 2.87. The largest absolute Gasteiger partial charge is 0.305 e. The number of aromatic nitrogens is 2. The van der Waals surface area contributed by atoms with E-state index in [1.165, 1.54) is 12.1 Å². The highest BCUT2D eigenvalue weighted by atomic mass is 19.1. The van der Waals surface area contributed by atoms with Crippen LogP contribution in [0.15, 0.2) is 43.2 Å². The lowest BCUT2D eigenvalue weighted by molar-refractivity contribution is 0.271. The molecule has 2 rings (SSSR count). The SMILES string of the molecule is C=Cn1cc(CNC(c2ccc(F)cc2)C(C)(C)C)cn1. The molecule has 0 radical (unpaired) electrons. The molecule has 21 heavy (non-hydrogen) atoms. The summed E-state index contributed by atoms with van der Waals surface area (Å²) in [7, 11) is 0. The molecule has 0 saturated carbocycles.